The summed E-state index contributed by atoms with van der Waals surface area (Å²) in [7, 11) is 0. The number of aryl methyl sites for hydroxylation is 2. The normalized spacial score (nSPS) is 15.4. The highest BCUT2D eigenvalue weighted by Crippen LogP contribution is 2.31. The fourth-order valence-electron chi connectivity index (χ4n) is 3.31. The van der Waals surface area contributed by atoms with E-state index in [2.05, 4.69) is 34.2 Å². The molecule has 1 aliphatic heterocycles. The van der Waals surface area contributed by atoms with Gasteiger partial charge in [0.15, 0.2) is 11.8 Å². The van der Waals surface area contributed by atoms with E-state index in [9.17, 15) is 14.4 Å². The Labute approximate surface area is 177 Å². The second-order valence-corrected chi connectivity index (χ2v) is 8.14. The molecule has 0 spiro atoms. The maximum Gasteiger partial charge on any atom is 0.370 e. The van der Waals surface area contributed by atoms with Crippen molar-refractivity contribution in [3.8, 4) is 5.88 Å². The average molecular weight is 427 g/mol. The second-order valence-electron chi connectivity index (χ2n) is 7.20. The number of carbonyl (C=O) groups is 3. The molecule has 2 aromatic rings. The number of thioether (sulfide) groups is 1. The summed E-state index contributed by atoms with van der Waals surface area (Å²) in [6, 6.07) is 8.28. The van der Waals surface area contributed by atoms with Gasteiger partial charge >= 0.3 is 5.97 Å². The molecule has 4 rings (SSSR count). The highest BCUT2D eigenvalue weighted by molar-refractivity contribution is 7.98. The molecule has 0 unspecified atom stereocenters. The molecule has 0 bridgehead atoms. The maximum atomic E-state index is 12.0. The van der Waals surface area contributed by atoms with Crippen molar-refractivity contribution in [2.24, 2.45) is 0 Å². The first-order valence-corrected chi connectivity index (χ1v) is 10.8. The Bertz CT molecular complexity index is 977. The number of amides is 2. The van der Waals surface area contributed by atoms with Gasteiger partial charge < -0.3 is 9.57 Å². The van der Waals surface area contributed by atoms with E-state index in [1.807, 2.05) is 6.92 Å². The Kier molecular flexibility index (Phi) is 5.98. The molecule has 0 saturated carbocycles. The molecule has 1 saturated heterocycles. The van der Waals surface area contributed by atoms with Crippen LogP contribution in [-0.4, -0.2) is 39.4 Å². The van der Waals surface area contributed by atoms with E-state index in [4.69, 9.17) is 9.57 Å². The van der Waals surface area contributed by atoms with Gasteiger partial charge in [-0.3, -0.25) is 9.59 Å². The number of fused-ring (bicyclic) bond motifs is 1. The van der Waals surface area contributed by atoms with Crippen molar-refractivity contribution in [3.05, 3.63) is 46.6 Å². The number of hydrogen-bond donors (Lipinski definition) is 0. The lowest BCUT2D eigenvalue weighted by Crippen LogP contribution is -2.34. The Hall–Kier alpha value is -2.94. The topological polar surface area (TPSA) is 98.7 Å². The lowest BCUT2D eigenvalue weighted by Gasteiger charge is -2.14. The van der Waals surface area contributed by atoms with E-state index in [0.29, 0.717) is 16.1 Å². The van der Waals surface area contributed by atoms with Gasteiger partial charge in [0.25, 0.3) is 11.8 Å². The average Bonchev–Trinajstić information content (AvgIpc) is 3.33. The largest absolute Gasteiger partial charge is 0.465 e. The van der Waals surface area contributed by atoms with Crippen molar-refractivity contribution in [3.63, 3.8) is 0 Å². The molecule has 1 aromatic carbocycles. The van der Waals surface area contributed by atoms with Crippen molar-refractivity contribution in [1.29, 1.82) is 0 Å². The monoisotopic (exact) mass is 427 g/mol. The van der Waals surface area contributed by atoms with Crippen LogP contribution in [0.25, 0.3) is 0 Å². The number of rotatable bonds is 7. The summed E-state index contributed by atoms with van der Waals surface area (Å²) < 4.78 is 5.61. The van der Waals surface area contributed by atoms with Crippen LogP contribution in [0.1, 0.15) is 41.6 Å². The molecular weight excluding hydrogens is 406 g/mol. The number of aromatic nitrogens is 2. The lowest BCUT2D eigenvalue weighted by molar-refractivity contribution is -0.198. The van der Waals surface area contributed by atoms with Gasteiger partial charge in [0.05, 0.1) is 5.69 Å². The molecule has 1 aromatic heterocycles. The van der Waals surface area contributed by atoms with E-state index in [1.54, 1.807) is 0 Å². The smallest absolute Gasteiger partial charge is 0.370 e. The standard InChI is InChI=1S/C21H21N3O5S/c1-13-5-7-14(8-6-13)12-30-21-22-16-4-2-3-15(16)20(23-21)28-11-19(27)29-24-17(25)9-10-18(24)26/h5-8H,2-4,9-12H2,1H3. The number of benzene rings is 1. The Morgan fingerprint density at radius 1 is 1.07 bits per heavy atom. The minimum atomic E-state index is -0.821. The predicted octanol–water partition coefficient (Wildman–Crippen LogP) is 2.55. The summed E-state index contributed by atoms with van der Waals surface area (Å²) in [5, 5.41) is 1.10. The lowest BCUT2D eigenvalue weighted by atomic mass is 10.2. The molecule has 0 N–H and O–H groups in total. The molecule has 0 radical (unpaired) electrons. The number of hydroxylamine groups is 2. The first-order chi connectivity index (χ1) is 14.5. The van der Waals surface area contributed by atoms with Crippen LogP contribution in [0.2, 0.25) is 0 Å². The van der Waals surface area contributed by atoms with Gasteiger partial charge in [-0.1, -0.05) is 41.6 Å². The zero-order chi connectivity index (χ0) is 21.1. The minimum absolute atomic E-state index is 0.0496. The molecule has 1 fully saturated rings. The maximum absolute atomic E-state index is 12.0. The Morgan fingerprint density at radius 3 is 2.53 bits per heavy atom. The van der Waals surface area contributed by atoms with E-state index in [-0.39, 0.29) is 12.8 Å². The van der Waals surface area contributed by atoms with Gasteiger partial charge in [-0.05, 0) is 31.7 Å². The van der Waals surface area contributed by atoms with Gasteiger partial charge in [0, 0.05) is 24.2 Å². The summed E-state index contributed by atoms with van der Waals surface area (Å²) >= 11 is 1.50. The Balaban J connectivity index is 1.41. The summed E-state index contributed by atoms with van der Waals surface area (Å²) in [5.41, 5.74) is 4.21. The molecule has 9 heteroatoms. The highest BCUT2D eigenvalue weighted by atomic mass is 32.2. The van der Waals surface area contributed by atoms with Crippen LogP contribution in [-0.2, 0) is 37.8 Å². The minimum Gasteiger partial charge on any atom is -0.465 e. The number of carbonyl (C=O) groups excluding carboxylic acids is 3. The molecule has 156 valence electrons. The van der Waals surface area contributed by atoms with Gasteiger partial charge in [-0.25, -0.2) is 9.78 Å². The Morgan fingerprint density at radius 2 is 1.80 bits per heavy atom. The van der Waals surface area contributed by atoms with Crippen molar-refractivity contribution in [2.45, 2.75) is 49.9 Å². The summed E-state index contributed by atoms with van der Waals surface area (Å²) in [6.45, 7) is 1.60. The summed E-state index contributed by atoms with van der Waals surface area (Å²) in [5.74, 6) is -0.783. The zero-order valence-electron chi connectivity index (χ0n) is 16.6. The summed E-state index contributed by atoms with van der Waals surface area (Å²) in [4.78, 5) is 49.1. The van der Waals surface area contributed by atoms with Crippen LogP contribution in [0.15, 0.2) is 29.4 Å². The third kappa shape index (κ3) is 4.62. The predicted molar refractivity (Wildman–Crippen MR) is 107 cm³/mol. The SMILES string of the molecule is Cc1ccc(CSc2nc3c(c(OCC(=O)ON4C(=O)CCC4=O)n2)CCC3)cc1. The zero-order valence-corrected chi connectivity index (χ0v) is 17.4. The molecule has 0 atom stereocenters. The molecule has 2 amide bonds. The second kappa shape index (κ2) is 8.83. The van der Waals surface area contributed by atoms with Crippen molar-refractivity contribution < 1.29 is 24.0 Å². The van der Waals surface area contributed by atoms with Crippen LogP contribution < -0.4 is 4.74 Å². The van der Waals surface area contributed by atoms with E-state index < -0.39 is 24.4 Å². The van der Waals surface area contributed by atoms with Crippen LogP contribution in [0.5, 0.6) is 5.88 Å². The van der Waals surface area contributed by atoms with E-state index in [1.165, 1.54) is 22.9 Å². The fraction of sp³-hybridized carbons (Fsp3) is 0.381. The number of nitrogens with zero attached hydrogens (tertiary/aromatic N) is 3. The number of ether oxygens (including phenoxy) is 1. The molecule has 2 aliphatic rings. The van der Waals surface area contributed by atoms with E-state index in [0.717, 1.165) is 36.3 Å². The van der Waals surface area contributed by atoms with Gasteiger partial charge in [0.2, 0.25) is 5.88 Å². The molecule has 2 heterocycles. The molecular formula is C21H21N3O5S. The summed E-state index contributed by atoms with van der Waals surface area (Å²) in [6.07, 6.45) is 2.68. The fourth-order valence-corrected chi connectivity index (χ4v) is 4.12. The van der Waals surface area contributed by atoms with Crippen molar-refractivity contribution in [1.82, 2.24) is 15.0 Å². The number of hydrogen-bond acceptors (Lipinski definition) is 8. The van der Waals surface area contributed by atoms with Crippen molar-refractivity contribution in [2.75, 3.05) is 6.61 Å². The third-order valence-corrected chi connectivity index (χ3v) is 5.81. The van der Waals surface area contributed by atoms with Gasteiger partial charge in [-0.2, -0.15) is 4.98 Å². The number of imide groups is 1. The van der Waals surface area contributed by atoms with Crippen LogP contribution in [0.4, 0.5) is 0 Å². The first kappa shape index (κ1) is 20.3. The molecule has 1 aliphatic carbocycles. The van der Waals surface area contributed by atoms with Crippen LogP contribution in [0, 0.1) is 6.92 Å². The molecule has 30 heavy (non-hydrogen) atoms. The van der Waals surface area contributed by atoms with E-state index >= 15 is 0 Å². The van der Waals surface area contributed by atoms with Crippen molar-refractivity contribution >= 4 is 29.5 Å². The quantitative estimate of drug-likeness (QED) is 0.378. The first-order valence-electron chi connectivity index (χ1n) is 9.77. The van der Waals surface area contributed by atoms with Gasteiger partial charge in [0.1, 0.15) is 0 Å². The molecule has 8 nitrogen and oxygen atoms in total. The highest BCUT2D eigenvalue weighted by Gasteiger charge is 2.33. The van der Waals surface area contributed by atoms with Crippen LogP contribution >= 0.6 is 11.8 Å². The van der Waals surface area contributed by atoms with Gasteiger partial charge in [-0.15, -0.1) is 5.06 Å². The van der Waals surface area contributed by atoms with Crippen LogP contribution in [0.3, 0.4) is 0 Å². The third-order valence-electron chi connectivity index (χ3n) is 4.89.